The summed E-state index contributed by atoms with van der Waals surface area (Å²) in [6.07, 6.45) is 1.68. The molecule has 1 N–H and O–H groups in total. The predicted molar refractivity (Wildman–Crippen MR) is 119 cm³/mol. The molecule has 0 unspecified atom stereocenters. The lowest BCUT2D eigenvalue weighted by Gasteiger charge is -2.23. The van der Waals surface area contributed by atoms with Gasteiger partial charge in [0.25, 0.3) is 5.91 Å². The van der Waals surface area contributed by atoms with E-state index < -0.39 is 9.84 Å². The van der Waals surface area contributed by atoms with Gasteiger partial charge in [0.15, 0.2) is 9.84 Å². The third kappa shape index (κ3) is 5.48. The Hall–Kier alpha value is -2.78. The second-order valence-electron chi connectivity index (χ2n) is 7.18. The molecule has 1 heterocycles. The van der Waals surface area contributed by atoms with E-state index in [1.165, 1.54) is 25.3 Å². The van der Waals surface area contributed by atoms with Crippen LogP contribution >= 0.6 is 11.6 Å². The van der Waals surface area contributed by atoms with Crippen LogP contribution in [0.25, 0.3) is 0 Å². The first kappa shape index (κ1) is 22.9. The molecule has 0 atom stereocenters. The zero-order chi connectivity index (χ0) is 22.6. The van der Waals surface area contributed by atoms with Crippen LogP contribution in [-0.2, 0) is 9.84 Å². The summed E-state index contributed by atoms with van der Waals surface area (Å²) in [4.78, 5) is 29.0. The molecule has 1 aliphatic heterocycles. The summed E-state index contributed by atoms with van der Waals surface area (Å²) in [5, 5.41) is 2.93. The third-order valence-electron chi connectivity index (χ3n) is 5.02. The van der Waals surface area contributed by atoms with Crippen LogP contribution in [0.2, 0.25) is 5.02 Å². The molecule has 166 valence electrons. The average molecular weight is 466 g/mol. The first-order valence-electron chi connectivity index (χ1n) is 9.68. The quantitative estimate of drug-likeness (QED) is 0.748. The fourth-order valence-electron chi connectivity index (χ4n) is 3.34. The Kier molecular flexibility index (Phi) is 7.07. The lowest BCUT2D eigenvalue weighted by Crippen LogP contribution is -2.39. The van der Waals surface area contributed by atoms with Gasteiger partial charge in [0.2, 0.25) is 0 Å². The van der Waals surface area contributed by atoms with Gasteiger partial charge in [0.05, 0.1) is 28.3 Å². The first-order valence-corrected chi connectivity index (χ1v) is 12.0. The van der Waals surface area contributed by atoms with Crippen molar-refractivity contribution in [3.63, 3.8) is 0 Å². The molecule has 8 nitrogen and oxygen atoms in total. The Labute approximate surface area is 186 Å². The van der Waals surface area contributed by atoms with Crippen LogP contribution in [-0.4, -0.2) is 69.7 Å². The van der Waals surface area contributed by atoms with E-state index >= 15 is 0 Å². The highest BCUT2D eigenvalue weighted by Crippen LogP contribution is 2.25. The fraction of sp³-hybridized carbons (Fsp3) is 0.333. The van der Waals surface area contributed by atoms with E-state index in [4.69, 9.17) is 16.3 Å². The molecular weight excluding hydrogens is 442 g/mol. The molecule has 0 spiro atoms. The molecule has 3 rings (SSSR count). The maximum Gasteiger partial charge on any atom is 0.322 e. The molecule has 2 aromatic carbocycles. The van der Waals surface area contributed by atoms with Crippen molar-refractivity contribution in [2.45, 2.75) is 11.3 Å². The standard InChI is InChI=1S/C21H24ClN3O5S/c1-30-19-7-4-3-6-18(19)23-21(27)25-11-5-10-24(12-13-25)20(26)16-9-8-15(14-17(16)22)31(2,28)29/h3-4,6-9,14H,5,10-13H2,1-2H3,(H,23,27). The molecular formula is C21H24ClN3O5S. The number of urea groups is 1. The SMILES string of the molecule is COc1ccccc1NC(=O)N1CCCN(C(=O)c2ccc(S(C)(=O)=O)cc2Cl)CC1. The third-order valence-corrected chi connectivity index (χ3v) is 6.44. The number of anilines is 1. The number of nitrogens with zero attached hydrogens (tertiary/aromatic N) is 2. The van der Waals surface area contributed by atoms with Gasteiger partial charge in [-0.1, -0.05) is 23.7 Å². The Morgan fingerprint density at radius 3 is 2.39 bits per heavy atom. The second-order valence-corrected chi connectivity index (χ2v) is 9.60. The zero-order valence-electron chi connectivity index (χ0n) is 17.3. The van der Waals surface area contributed by atoms with Gasteiger partial charge in [-0.05, 0) is 36.8 Å². The van der Waals surface area contributed by atoms with Gasteiger partial charge in [0, 0.05) is 32.4 Å². The molecule has 1 saturated heterocycles. The molecule has 1 aliphatic rings. The van der Waals surface area contributed by atoms with Crippen molar-refractivity contribution in [2.75, 3.05) is 44.9 Å². The van der Waals surface area contributed by atoms with Crippen molar-refractivity contribution in [1.29, 1.82) is 0 Å². The van der Waals surface area contributed by atoms with Crippen LogP contribution in [0.5, 0.6) is 5.75 Å². The van der Waals surface area contributed by atoms with Crippen LogP contribution < -0.4 is 10.1 Å². The van der Waals surface area contributed by atoms with E-state index in [2.05, 4.69) is 5.32 Å². The number of sulfone groups is 1. The van der Waals surface area contributed by atoms with Gasteiger partial charge in [-0.2, -0.15) is 0 Å². The molecule has 1 fully saturated rings. The monoisotopic (exact) mass is 465 g/mol. The summed E-state index contributed by atoms with van der Waals surface area (Å²) in [5.41, 5.74) is 0.811. The number of methoxy groups -OCH3 is 1. The van der Waals surface area contributed by atoms with Crippen molar-refractivity contribution >= 4 is 39.1 Å². The molecule has 0 aliphatic carbocycles. The van der Waals surface area contributed by atoms with Crippen molar-refractivity contribution < 1.29 is 22.7 Å². The van der Waals surface area contributed by atoms with Gasteiger partial charge in [-0.15, -0.1) is 0 Å². The van der Waals surface area contributed by atoms with E-state index in [0.29, 0.717) is 44.0 Å². The summed E-state index contributed by atoms with van der Waals surface area (Å²) in [6, 6.07) is 11.0. The minimum Gasteiger partial charge on any atom is -0.495 e. The number of nitrogens with one attached hydrogen (secondary N) is 1. The summed E-state index contributed by atoms with van der Waals surface area (Å²) < 4.78 is 28.6. The number of benzene rings is 2. The van der Waals surface area contributed by atoms with E-state index in [-0.39, 0.29) is 27.4 Å². The summed E-state index contributed by atoms with van der Waals surface area (Å²) >= 11 is 6.19. The number of halogens is 1. The van der Waals surface area contributed by atoms with E-state index in [9.17, 15) is 18.0 Å². The fourth-order valence-corrected chi connectivity index (χ4v) is 4.31. The van der Waals surface area contributed by atoms with Crippen LogP contribution in [0.3, 0.4) is 0 Å². The number of para-hydroxylation sites is 2. The number of amides is 3. The Morgan fingerprint density at radius 2 is 1.71 bits per heavy atom. The van der Waals surface area contributed by atoms with E-state index in [0.717, 1.165) is 6.26 Å². The number of carbonyl (C=O) groups is 2. The lowest BCUT2D eigenvalue weighted by atomic mass is 10.2. The molecule has 0 bridgehead atoms. The zero-order valence-corrected chi connectivity index (χ0v) is 18.9. The molecule has 10 heteroatoms. The van der Waals surface area contributed by atoms with E-state index in [1.807, 2.05) is 6.07 Å². The van der Waals surface area contributed by atoms with Crippen LogP contribution in [0.1, 0.15) is 16.8 Å². The number of rotatable bonds is 4. The van der Waals surface area contributed by atoms with Gasteiger partial charge in [-0.3, -0.25) is 4.79 Å². The molecule has 2 aromatic rings. The number of carbonyl (C=O) groups excluding carboxylic acids is 2. The van der Waals surface area contributed by atoms with Crippen molar-refractivity contribution in [2.24, 2.45) is 0 Å². The maximum absolute atomic E-state index is 12.9. The highest BCUT2D eigenvalue weighted by Gasteiger charge is 2.25. The Bertz CT molecular complexity index is 1090. The normalized spacial score (nSPS) is 14.7. The van der Waals surface area contributed by atoms with Gasteiger partial charge in [0.1, 0.15) is 5.75 Å². The van der Waals surface area contributed by atoms with Gasteiger partial charge >= 0.3 is 6.03 Å². The summed E-state index contributed by atoms with van der Waals surface area (Å²) in [5.74, 6) is 0.270. The molecule has 0 radical (unpaired) electrons. The topological polar surface area (TPSA) is 96.0 Å². The molecule has 31 heavy (non-hydrogen) atoms. The largest absolute Gasteiger partial charge is 0.495 e. The molecule has 0 aromatic heterocycles. The highest BCUT2D eigenvalue weighted by molar-refractivity contribution is 7.90. The summed E-state index contributed by atoms with van der Waals surface area (Å²) in [7, 11) is -1.88. The second kappa shape index (κ2) is 9.57. The number of hydrogen-bond acceptors (Lipinski definition) is 5. The Morgan fingerprint density at radius 1 is 1.03 bits per heavy atom. The highest BCUT2D eigenvalue weighted by atomic mass is 35.5. The van der Waals surface area contributed by atoms with Crippen LogP contribution in [0.4, 0.5) is 10.5 Å². The smallest absolute Gasteiger partial charge is 0.322 e. The number of ether oxygens (including phenoxy) is 1. The van der Waals surface area contributed by atoms with Gasteiger partial charge in [-0.25, -0.2) is 13.2 Å². The van der Waals surface area contributed by atoms with Gasteiger partial charge < -0.3 is 19.9 Å². The maximum atomic E-state index is 12.9. The van der Waals surface area contributed by atoms with Crippen molar-refractivity contribution in [3.05, 3.63) is 53.1 Å². The predicted octanol–water partition coefficient (Wildman–Crippen LogP) is 3.13. The van der Waals surface area contributed by atoms with Crippen molar-refractivity contribution in [1.82, 2.24) is 9.80 Å². The Balaban J connectivity index is 1.67. The van der Waals surface area contributed by atoms with Crippen LogP contribution in [0.15, 0.2) is 47.4 Å². The van der Waals surface area contributed by atoms with Crippen LogP contribution in [0, 0.1) is 0 Å². The lowest BCUT2D eigenvalue weighted by molar-refractivity contribution is 0.0762. The summed E-state index contributed by atoms with van der Waals surface area (Å²) in [6.45, 7) is 1.64. The molecule has 0 saturated carbocycles. The molecule has 3 amide bonds. The van der Waals surface area contributed by atoms with E-state index in [1.54, 1.807) is 28.0 Å². The first-order chi connectivity index (χ1) is 14.7. The minimum atomic E-state index is -3.42. The minimum absolute atomic E-state index is 0.0594. The van der Waals surface area contributed by atoms with Crippen molar-refractivity contribution in [3.8, 4) is 5.75 Å². The average Bonchev–Trinajstić information content (AvgIpc) is 2.99. The number of hydrogen-bond donors (Lipinski definition) is 1.